The fraction of sp³-hybridized carbons (Fsp3) is 0.412. The van der Waals surface area contributed by atoms with Crippen LogP contribution in [0.2, 0.25) is 0 Å². The molecule has 1 aliphatic carbocycles. The summed E-state index contributed by atoms with van der Waals surface area (Å²) in [6, 6.07) is 5.86. The summed E-state index contributed by atoms with van der Waals surface area (Å²) in [5.74, 6) is -6.46. The molecule has 2 N–H and O–H groups in total. The summed E-state index contributed by atoms with van der Waals surface area (Å²) in [5, 5.41) is 0. The molecule has 2 aliphatic rings. The normalized spacial score (nSPS) is 20.5. The molecule has 1 fully saturated rings. The highest BCUT2D eigenvalue weighted by Gasteiger charge is 2.61. The Bertz CT molecular complexity index is 737. The SMILES string of the molecule is CCC(=O)C1(CC(F)(C(N)=O)N2C(=O)c3ccccc3C2=O)CC1. The van der Waals surface area contributed by atoms with Crippen LogP contribution in [0.15, 0.2) is 24.3 Å². The molecule has 1 heterocycles. The van der Waals surface area contributed by atoms with E-state index in [0.717, 1.165) is 0 Å². The van der Waals surface area contributed by atoms with Gasteiger partial charge in [-0.05, 0) is 25.0 Å². The number of imide groups is 1. The van der Waals surface area contributed by atoms with Crippen molar-refractivity contribution < 1.29 is 23.6 Å². The van der Waals surface area contributed by atoms with E-state index in [1.165, 1.54) is 12.1 Å². The lowest BCUT2D eigenvalue weighted by atomic mass is 9.88. The molecule has 1 aromatic rings. The first-order chi connectivity index (χ1) is 11.3. The van der Waals surface area contributed by atoms with Crippen LogP contribution in [-0.4, -0.2) is 34.2 Å². The van der Waals surface area contributed by atoms with Crippen LogP contribution in [0.1, 0.15) is 53.3 Å². The molecule has 0 radical (unpaired) electrons. The van der Waals surface area contributed by atoms with E-state index in [0.29, 0.717) is 12.8 Å². The van der Waals surface area contributed by atoms with Crippen LogP contribution in [0.3, 0.4) is 0 Å². The summed E-state index contributed by atoms with van der Waals surface area (Å²) in [7, 11) is 0. The average Bonchev–Trinajstić information content (AvgIpc) is 3.29. The van der Waals surface area contributed by atoms with Gasteiger partial charge in [-0.3, -0.25) is 19.2 Å². The van der Waals surface area contributed by atoms with Crippen molar-refractivity contribution in [1.29, 1.82) is 0 Å². The number of hydrogen-bond donors (Lipinski definition) is 1. The third kappa shape index (κ3) is 2.15. The summed E-state index contributed by atoms with van der Waals surface area (Å²) < 4.78 is 15.6. The number of ketones is 1. The fourth-order valence-electron chi connectivity index (χ4n) is 3.32. The Balaban J connectivity index is 2.01. The maximum atomic E-state index is 15.6. The Hall–Kier alpha value is -2.57. The maximum Gasteiger partial charge on any atom is 0.276 e. The summed E-state index contributed by atoms with van der Waals surface area (Å²) >= 11 is 0. The zero-order chi connectivity index (χ0) is 17.7. The quantitative estimate of drug-likeness (QED) is 0.632. The van der Waals surface area contributed by atoms with Gasteiger partial charge in [-0.25, -0.2) is 9.29 Å². The smallest absolute Gasteiger partial charge is 0.276 e. The van der Waals surface area contributed by atoms with Crippen molar-refractivity contribution in [2.45, 2.75) is 38.4 Å². The number of fused-ring (bicyclic) bond motifs is 1. The minimum Gasteiger partial charge on any atom is -0.365 e. The van der Waals surface area contributed by atoms with Crippen LogP contribution < -0.4 is 5.73 Å². The molecule has 126 valence electrons. The first-order valence-corrected chi connectivity index (χ1v) is 7.77. The third-order valence-corrected chi connectivity index (χ3v) is 4.86. The van der Waals surface area contributed by atoms with E-state index in [9.17, 15) is 19.2 Å². The standard InChI is InChI=1S/C17H17FN2O4/c1-2-12(21)16(7-8-16)9-17(18,15(19)24)20-13(22)10-5-3-4-6-11(10)14(20)23/h3-6H,2,7-9H2,1H3,(H2,19,24). The number of hydrogen-bond acceptors (Lipinski definition) is 4. The molecule has 0 spiro atoms. The van der Waals surface area contributed by atoms with Gasteiger partial charge in [-0.15, -0.1) is 0 Å². The van der Waals surface area contributed by atoms with Gasteiger partial charge in [0.25, 0.3) is 23.5 Å². The van der Waals surface area contributed by atoms with E-state index in [1.54, 1.807) is 19.1 Å². The van der Waals surface area contributed by atoms with Gasteiger partial charge in [0, 0.05) is 18.3 Å². The van der Waals surface area contributed by atoms with Crippen LogP contribution in [0, 0.1) is 5.41 Å². The highest BCUT2D eigenvalue weighted by Crippen LogP contribution is 2.54. The summed E-state index contributed by atoms with van der Waals surface area (Å²) in [6.07, 6.45) is 0.452. The first kappa shape index (κ1) is 16.3. The van der Waals surface area contributed by atoms with Crippen molar-refractivity contribution in [1.82, 2.24) is 4.90 Å². The van der Waals surface area contributed by atoms with Gasteiger partial charge in [0.15, 0.2) is 0 Å². The summed E-state index contributed by atoms with van der Waals surface area (Å²) in [4.78, 5) is 49.2. The number of benzene rings is 1. The van der Waals surface area contributed by atoms with Gasteiger partial charge in [-0.2, -0.15) is 0 Å². The van der Waals surface area contributed by atoms with Gasteiger partial charge in [0.05, 0.1) is 11.1 Å². The first-order valence-electron chi connectivity index (χ1n) is 7.77. The number of primary amides is 1. The van der Waals surface area contributed by atoms with E-state index in [4.69, 9.17) is 5.73 Å². The van der Waals surface area contributed by atoms with Crippen LogP contribution in [0.25, 0.3) is 0 Å². The molecular formula is C17H17FN2O4. The van der Waals surface area contributed by atoms with E-state index in [2.05, 4.69) is 0 Å². The van der Waals surface area contributed by atoms with Crippen molar-refractivity contribution in [3.8, 4) is 0 Å². The van der Waals surface area contributed by atoms with Gasteiger partial charge >= 0.3 is 0 Å². The Kier molecular flexibility index (Phi) is 3.55. The minimum atomic E-state index is -3.02. The van der Waals surface area contributed by atoms with Crippen LogP contribution >= 0.6 is 0 Å². The summed E-state index contributed by atoms with van der Waals surface area (Å²) in [6.45, 7) is 1.65. The zero-order valence-electron chi connectivity index (χ0n) is 13.2. The average molecular weight is 332 g/mol. The van der Waals surface area contributed by atoms with Crippen LogP contribution in [0.5, 0.6) is 0 Å². The lowest BCUT2D eigenvalue weighted by Gasteiger charge is -2.33. The number of nitrogens with two attached hydrogens (primary N) is 1. The molecule has 3 amide bonds. The van der Waals surface area contributed by atoms with Gasteiger partial charge in [0.1, 0.15) is 5.78 Å². The molecule has 6 nitrogen and oxygen atoms in total. The number of carbonyl (C=O) groups excluding carboxylic acids is 4. The maximum absolute atomic E-state index is 15.6. The van der Waals surface area contributed by atoms with Gasteiger partial charge < -0.3 is 5.73 Å². The molecule has 1 aromatic carbocycles. The van der Waals surface area contributed by atoms with Crippen molar-refractivity contribution in [3.63, 3.8) is 0 Å². The Morgan fingerprint density at radius 3 is 2.08 bits per heavy atom. The zero-order valence-corrected chi connectivity index (χ0v) is 13.2. The van der Waals surface area contributed by atoms with E-state index in [1.807, 2.05) is 0 Å². The lowest BCUT2D eigenvalue weighted by molar-refractivity contribution is -0.142. The predicted octanol–water partition coefficient (Wildman–Crippen LogP) is 1.58. The molecule has 3 rings (SSSR count). The number of nitrogens with zero attached hydrogens (tertiary/aromatic N) is 1. The van der Waals surface area contributed by atoms with Gasteiger partial charge in [-0.1, -0.05) is 19.1 Å². The monoisotopic (exact) mass is 332 g/mol. The second-order valence-corrected chi connectivity index (χ2v) is 6.35. The molecule has 0 bridgehead atoms. The molecule has 0 saturated heterocycles. The number of carbonyl (C=O) groups is 4. The van der Waals surface area contributed by atoms with Crippen LogP contribution in [-0.2, 0) is 9.59 Å². The van der Waals surface area contributed by atoms with Gasteiger partial charge in [0.2, 0.25) is 0 Å². The molecule has 1 unspecified atom stereocenters. The predicted molar refractivity (Wildman–Crippen MR) is 81.6 cm³/mol. The second kappa shape index (κ2) is 5.22. The summed E-state index contributed by atoms with van der Waals surface area (Å²) in [5.41, 5.74) is 4.25. The third-order valence-electron chi connectivity index (χ3n) is 4.86. The molecule has 1 saturated carbocycles. The van der Waals surface area contributed by atoms with Crippen molar-refractivity contribution in [3.05, 3.63) is 35.4 Å². The van der Waals surface area contributed by atoms with E-state index >= 15 is 4.39 Å². The number of alkyl halides is 1. The lowest BCUT2D eigenvalue weighted by Crippen LogP contribution is -2.58. The number of amides is 3. The largest absolute Gasteiger partial charge is 0.365 e. The van der Waals surface area contributed by atoms with Crippen molar-refractivity contribution in [2.75, 3.05) is 0 Å². The van der Waals surface area contributed by atoms with Crippen molar-refractivity contribution >= 4 is 23.5 Å². The highest BCUT2D eigenvalue weighted by molar-refractivity contribution is 6.23. The number of Topliss-reactive ketones (excluding diaryl/α,β-unsaturated/α-hetero) is 1. The fourth-order valence-corrected chi connectivity index (χ4v) is 3.32. The molecule has 0 aromatic heterocycles. The molecular weight excluding hydrogens is 315 g/mol. The second-order valence-electron chi connectivity index (χ2n) is 6.35. The van der Waals surface area contributed by atoms with E-state index in [-0.39, 0.29) is 28.2 Å². The Labute approximate surface area is 137 Å². The highest BCUT2D eigenvalue weighted by atomic mass is 19.1. The Morgan fingerprint density at radius 2 is 1.71 bits per heavy atom. The topological polar surface area (TPSA) is 97.5 Å². The number of rotatable bonds is 6. The van der Waals surface area contributed by atoms with E-state index < -0.39 is 35.4 Å². The molecule has 1 atom stereocenters. The van der Waals surface area contributed by atoms with Crippen molar-refractivity contribution in [2.24, 2.45) is 11.1 Å². The molecule has 7 heteroatoms. The Morgan fingerprint density at radius 1 is 1.21 bits per heavy atom. The molecule has 1 aliphatic heterocycles. The minimum absolute atomic E-state index is 0.0254. The van der Waals surface area contributed by atoms with Crippen LogP contribution in [0.4, 0.5) is 4.39 Å². The molecule has 24 heavy (non-hydrogen) atoms. The number of halogens is 1.